The number of hydrogen-bond acceptors (Lipinski definition) is 1. The summed E-state index contributed by atoms with van der Waals surface area (Å²) in [6.07, 6.45) is 4.90. The molecule has 15 heavy (non-hydrogen) atoms. The molecular weight excluding hydrogens is 184 g/mol. The van der Waals surface area contributed by atoms with Crippen molar-refractivity contribution in [2.24, 2.45) is 0 Å². The third-order valence-corrected chi connectivity index (χ3v) is 3.31. The molecule has 0 radical (unpaired) electrons. The Balaban J connectivity index is 2.20. The molecule has 0 aromatic heterocycles. The first-order valence-electron chi connectivity index (χ1n) is 6.10. The molecule has 82 valence electrons. The van der Waals surface area contributed by atoms with Crippen LogP contribution in [0.4, 0.5) is 0 Å². The predicted octanol–water partition coefficient (Wildman–Crippen LogP) is 3.92. The summed E-state index contributed by atoms with van der Waals surface area (Å²) < 4.78 is 5.53. The molecular formula is C14H20O. The van der Waals surface area contributed by atoms with Crippen LogP contribution in [0, 0.1) is 0 Å². The molecule has 1 heteroatoms. The van der Waals surface area contributed by atoms with E-state index in [2.05, 4.69) is 32.0 Å². The van der Waals surface area contributed by atoms with Crippen molar-refractivity contribution in [3.63, 3.8) is 0 Å². The minimum Gasteiger partial charge on any atom is -0.493 e. The monoisotopic (exact) mass is 204 g/mol. The first-order valence-corrected chi connectivity index (χ1v) is 6.10. The van der Waals surface area contributed by atoms with Crippen molar-refractivity contribution >= 4 is 0 Å². The molecule has 1 nitrogen and oxygen atoms in total. The van der Waals surface area contributed by atoms with Gasteiger partial charge in [0.2, 0.25) is 0 Å². The van der Waals surface area contributed by atoms with Crippen LogP contribution in [0.2, 0.25) is 0 Å². The highest BCUT2D eigenvalue weighted by Gasteiger charge is 2.15. The van der Waals surface area contributed by atoms with Gasteiger partial charge in [0, 0.05) is 6.42 Å². The van der Waals surface area contributed by atoms with E-state index in [1.54, 1.807) is 0 Å². The second kappa shape index (κ2) is 4.69. The quantitative estimate of drug-likeness (QED) is 0.722. The highest BCUT2D eigenvalue weighted by molar-refractivity contribution is 5.40. The summed E-state index contributed by atoms with van der Waals surface area (Å²) in [5.41, 5.74) is 2.91. The van der Waals surface area contributed by atoms with Gasteiger partial charge in [-0.1, -0.05) is 32.4 Å². The third kappa shape index (κ3) is 2.17. The van der Waals surface area contributed by atoms with E-state index >= 15 is 0 Å². The van der Waals surface area contributed by atoms with Crippen LogP contribution in [0.25, 0.3) is 0 Å². The second-order valence-corrected chi connectivity index (χ2v) is 4.36. The Morgan fingerprint density at radius 1 is 1.33 bits per heavy atom. The summed E-state index contributed by atoms with van der Waals surface area (Å²) in [5.74, 6) is 1.84. The van der Waals surface area contributed by atoms with E-state index in [1.807, 2.05) is 0 Å². The fraction of sp³-hybridized carbons (Fsp3) is 0.571. The summed E-state index contributed by atoms with van der Waals surface area (Å²) in [4.78, 5) is 0. The molecule has 1 heterocycles. The summed E-state index contributed by atoms with van der Waals surface area (Å²) in [7, 11) is 0. The molecule has 0 spiro atoms. The van der Waals surface area contributed by atoms with Crippen LogP contribution < -0.4 is 4.74 Å². The average Bonchev–Trinajstić information content (AvgIpc) is 2.72. The van der Waals surface area contributed by atoms with Crippen LogP contribution in [-0.2, 0) is 6.42 Å². The van der Waals surface area contributed by atoms with Gasteiger partial charge in [-0.25, -0.2) is 0 Å². The van der Waals surface area contributed by atoms with Gasteiger partial charge in [-0.2, -0.15) is 0 Å². The zero-order valence-electron chi connectivity index (χ0n) is 9.75. The minimum atomic E-state index is 0.737. The molecule has 1 atom stereocenters. The topological polar surface area (TPSA) is 9.23 Å². The maximum Gasteiger partial charge on any atom is 0.122 e. The van der Waals surface area contributed by atoms with Crippen molar-refractivity contribution < 1.29 is 4.74 Å². The maximum absolute atomic E-state index is 5.53. The van der Waals surface area contributed by atoms with E-state index < -0.39 is 0 Å². The van der Waals surface area contributed by atoms with Gasteiger partial charge >= 0.3 is 0 Å². The lowest BCUT2D eigenvalue weighted by molar-refractivity contribution is 0.356. The van der Waals surface area contributed by atoms with Gasteiger partial charge in [-0.15, -0.1) is 0 Å². The number of benzene rings is 1. The SMILES string of the molecule is CCCC(CC)c1ccc2c(c1)CCO2. The Labute approximate surface area is 92.5 Å². The molecule has 0 bridgehead atoms. The van der Waals surface area contributed by atoms with Gasteiger partial charge in [-0.3, -0.25) is 0 Å². The number of rotatable bonds is 4. The summed E-state index contributed by atoms with van der Waals surface area (Å²) in [5, 5.41) is 0. The summed E-state index contributed by atoms with van der Waals surface area (Å²) >= 11 is 0. The van der Waals surface area contributed by atoms with Crippen LogP contribution in [0.15, 0.2) is 18.2 Å². The van der Waals surface area contributed by atoms with Crippen LogP contribution in [-0.4, -0.2) is 6.61 Å². The van der Waals surface area contributed by atoms with E-state index in [1.165, 1.54) is 30.4 Å². The lowest BCUT2D eigenvalue weighted by Crippen LogP contribution is -1.97. The fourth-order valence-electron chi connectivity index (χ4n) is 2.42. The summed E-state index contributed by atoms with van der Waals surface area (Å²) in [6.45, 7) is 5.41. The van der Waals surface area contributed by atoms with Gasteiger partial charge in [-0.05, 0) is 36.0 Å². The Bertz CT molecular complexity index is 330. The van der Waals surface area contributed by atoms with Crippen LogP contribution in [0.5, 0.6) is 5.75 Å². The summed E-state index contributed by atoms with van der Waals surface area (Å²) in [6, 6.07) is 6.75. The lowest BCUT2D eigenvalue weighted by Gasteiger charge is -2.15. The number of fused-ring (bicyclic) bond motifs is 1. The molecule has 1 aromatic rings. The molecule has 1 aromatic carbocycles. The molecule has 0 N–H and O–H groups in total. The van der Waals surface area contributed by atoms with E-state index in [9.17, 15) is 0 Å². The van der Waals surface area contributed by atoms with Crippen molar-refractivity contribution in [3.05, 3.63) is 29.3 Å². The number of hydrogen-bond donors (Lipinski definition) is 0. The number of ether oxygens (including phenoxy) is 1. The third-order valence-electron chi connectivity index (χ3n) is 3.31. The predicted molar refractivity (Wildman–Crippen MR) is 63.6 cm³/mol. The molecule has 0 amide bonds. The van der Waals surface area contributed by atoms with Crippen molar-refractivity contribution in [2.75, 3.05) is 6.61 Å². The molecule has 0 aliphatic carbocycles. The molecule has 0 saturated heterocycles. The van der Waals surface area contributed by atoms with Gasteiger partial charge in [0.05, 0.1) is 6.61 Å². The van der Waals surface area contributed by atoms with Crippen LogP contribution in [0.1, 0.15) is 50.2 Å². The molecule has 0 saturated carbocycles. The Kier molecular flexibility index (Phi) is 3.30. The molecule has 1 unspecified atom stereocenters. The maximum atomic E-state index is 5.53. The van der Waals surface area contributed by atoms with Gasteiger partial charge in [0.25, 0.3) is 0 Å². The van der Waals surface area contributed by atoms with Crippen molar-refractivity contribution in [1.82, 2.24) is 0 Å². The van der Waals surface area contributed by atoms with Crippen LogP contribution in [0.3, 0.4) is 0 Å². The standard InChI is InChI=1S/C14H20O/c1-3-5-11(4-2)12-6-7-14-13(10-12)8-9-15-14/h6-7,10-11H,3-5,8-9H2,1-2H3. The van der Waals surface area contributed by atoms with E-state index in [0.29, 0.717) is 0 Å². The first-order chi connectivity index (χ1) is 7.35. The van der Waals surface area contributed by atoms with Crippen molar-refractivity contribution in [1.29, 1.82) is 0 Å². The normalized spacial score (nSPS) is 15.9. The molecule has 2 rings (SSSR count). The molecule has 0 fully saturated rings. The van der Waals surface area contributed by atoms with E-state index in [4.69, 9.17) is 4.74 Å². The fourth-order valence-corrected chi connectivity index (χ4v) is 2.42. The highest BCUT2D eigenvalue weighted by Crippen LogP contribution is 2.31. The lowest BCUT2D eigenvalue weighted by atomic mass is 9.91. The van der Waals surface area contributed by atoms with Gasteiger partial charge in [0.1, 0.15) is 5.75 Å². The molecule has 1 aliphatic rings. The highest BCUT2D eigenvalue weighted by atomic mass is 16.5. The van der Waals surface area contributed by atoms with Crippen molar-refractivity contribution in [3.8, 4) is 5.75 Å². The smallest absolute Gasteiger partial charge is 0.122 e. The van der Waals surface area contributed by atoms with E-state index in [-0.39, 0.29) is 0 Å². The largest absolute Gasteiger partial charge is 0.493 e. The van der Waals surface area contributed by atoms with Crippen molar-refractivity contribution in [2.45, 2.75) is 45.4 Å². The van der Waals surface area contributed by atoms with Gasteiger partial charge < -0.3 is 4.74 Å². The zero-order chi connectivity index (χ0) is 10.7. The average molecular weight is 204 g/mol. The van der Waals surface area contributed by atoms with Gasteiger partial charge in [0.15, 0.2) is 0 Å². The zero-order valence-corrected chi connectivity index (χ0v) is 9.75. The van der Waals surface area contributed by atoms with E-state index in [0.717, 1.165) is 24.7 Å². The van der Waals surface area contributed by atoms with Crippen LogP contribution >= 0.6 is 0 Å². The molecule has 1 aliphatic heterocycles. The minimum absolute atomic E-state index is 0.737. The Morgan fingerprint density at radius 2 is 2.20 bits per heavy atom. The second-order valence-electron chi connectivity index (χ2n) is 4.36. The Hall–Kier alpha value is -0.980. The Morgan fingerprint density at radius 3 is 2.93 bits per heavy atom. The first kappa shape index (κ1) is 10.5.